The second-order valence-corrected chi connectivity index (χ2v) is 6.20. The summed E-state index contributed by atoms with van der Waals surface area (Å²) < 4.78 is 12.4. The molecule has 0 amide bonds. The number of ether oxygens (including phenoxy) is 2. The lowest BCUT2D eigenvalue weighted by atomic mass is 10.1. The van der Waals surface area contributed by atoms with E-state index in [2.05, 4.69) is 0 Å². The number of nitrogens with two attached hydrogens (primary N) is 1. The van der Waals surface area contributed by atoms with Gasteiger partial charge < -0.3 is 15.2 Å². The maximum atomic E-state index is 12.8. The van der Waals surface area contributed by atoms with Gasteiger partial charge in [-0.25, -0.2) is 4.98 Å². The van der Waals surface area contributed by atoms with Gasteiger partial charge in [0, 0.05) is 12.2 Å². The number of nitrogens with zero attached hydrogens (tertiary/aromatic N) is 2. The largest absolute Gasteiger partial charge is 0.493 e. The predicted molar refractivity (Wildman–Crippen MR) is 102 cm³/mol. The Bertz CT molecular complexity index is 1100. The van der Waals surface area contributed by atoms with E-state index in [1.807, 2.05) is 24.3 Å². The minimum absolute atomic E-state index is 0.0481. The third-order valence-corrected chi connectivity index (χ3v) is 4.62. The molecule has 0 saturated carbocycles. The first-order chi connectivity index (χ1) is 12.6. The smallest absolute Gasteiger partial charge is 0.261 e. The van der Waals surface area contributed by atoms with E-state index in [-0.39, 0.29) is 5.56 Å². The highest BCUT2D eigenvalue weighted by Crippen LogP contribution is 2.32. The fraction of sp³-hybridized carbons (Fsp3) is 0.200. The van der Waals surface area contributed by atoms with E-state index in [0.717, 1.165) is 17.6 Å². The predicted octanol–water partition coefficient (Wildman–Crippen LogP) is 2.94. The first-order valence-electron chi connectivity index (χ1n) is 8.34. The van der Waals surface area contributed by atoms with Crippen LogP contribution in [-0.2, 0) is 6.54 Å². The molecule has 6 heteroatoms. The van der Waals surface area contributed by atoms with Crippen LogP contribution in [-0.4, -0.2) is 23.8 Å². The van der Waals surface area contributed by atoms with Crippen molar-refractivity contribution in [2.45, 2.75) is 13.0 Å². The zero-order valence-electron chi connectivity index (χ0n) is 14.7. The van der Waals surface area contributed by atoms with Gasteiger partial charge >= 0.3 is 0 Å². The van der Waals surface area contributed by atoms with Crippen molar-refractivity contribution in [2.75, 3.05) is 20.0 Å². The van der Waals surface area contributed by atoms with Gasteiger partial charge in [-0.1, -0.05) is 6.07 Å². The molecule has 6 nitrogen and oxygen atoms in total. The van der Waals surface area contributed by atoms with Crippen molar-refractivity contribution in [3.63, 3.8) is 0 Å². The molecule has 1 aliphatic rings. The molecule has 0 spiro atoms. The van der Waals surface area contributed by atoms with Crippen molar-refractivity contribution >= 4 is 28.2 Å². The fourth-order valence-corrected chi connectivity index (χ4v) is 3.32. The summed E-state index contributed by atoms with van der Waals surface area (Å²) in [6.07, 6.45) is 2.79. The molecule has 4 rings (SSSR count). The van der Waals surface area contributed by atoms with Crippen LogP contribution in [0.25, 0.3) is 22.6 Å². The zero-order chi connectivity index (χ0) is 18.3. The van der Waals surface area contributed by atoms with Gasteiger partial charge in [-0.2, -0.15) is 0 Å². The maximum Gasteiger partial charge on any atom is 0.261 e. The Morgan fingerprint density at radius 2 is 1.92 bits per heavy atom. The van der Waals surface area contributed by atoms with Gasteiger partial charge in [-0.05, 0) is 54.0 Å². The lowest BCUT2D eigenvalue weighted by Gasteiger charge is -2.09. The highest BCUT2D eigenvalue weighted by molar-refractivity contribution is 5.86. The quantitative estimate of drug-likeness (QED) is 0.736. The molecule has 2 N–H and O–H groups in total. The summed E-state index contributed by atoms with van der Waals surface area (Å²) >= 11 is 0. The lowest BCUT2D eigenvalue weighted by molar-refractivity contribution is 0.355. The zero-order valence-corrected chi connectivity index (χ0v) is 14.7. The Labute approximate surface area is 150 Å². The van der Waals surface area contributed by atoms with Crippen molar-refractivity contribution in [3.8, 4) is 11.5 Å². The molecular weight excluding hydrogens is 330 g/mol. The van der Waals surface area contributed by atoms with Gasteiger partial charge in [-0.3, -0.25) is 9.36 Å². The van der Waals surface area contributed by atoms with Crippen LogP contribution in [0, 0.1) is 0 Å². The van der Waals surface area contributed by atoms with E-state index in [1.165, 1.54) is 0 Å². The highest BCUT2D eigenvalue weighted by atomic mass is 16.5. The molecule has 0 bridgehead atoms. The second-order valence-electron chi connectivity index (χ2n) is 6.20. The van der Waals surface area contributed by atoms with E-state index in [9.17, 15) is 4.79 Å². The summed E-state index contributed by atoms with van der Waals surface area (Å²) in [5, 5.41) is 0.557. The molecule has 3 aromatic rings. The van der Waals surface area contributed by atoms with Crippen LogP contribution in [0.1, 0.15) is 17.8 Å². The standard InChI is InChI=1S/C20H19N3O3/c1-25-17-6-3-12(10-18(17)26-2)9-13-7-8-23-19(13)22-16-5-4-14(21)11-15(16)20(23)24/h3-6,9-11H,7-8,21H2,1-2H3/b13-9+. The number of fused-ring (bicyclic) bond motifs is 2. The first kappa shape index (κ1) is 16.2. The average molecular weight is 349 g/mol. The van der Waals surface area contributed by atoms with Gasteiger partial charge in [0.25, 0.3) is 5.56 Å². The number of allylic oxidation sites excluding steroid dienone is 1. The number of anilines is 1. The van der Waals surface area contributed by atoms with Crippen molar-refractivity contribution in [1.82, 2.24) is 9.55 Å². The van der Waals surface area contributed by atoms with Crippen LogP contribution in [0.3, 0.4) is 0 Å². The third-order valence-electron chi connectivity index (χ3n) is 4.62. The number of methoxy groups -OCH3 is 2. The summed E-state index contributed by atoms with van der Waals surface area (Å²) in [6.45, 7) is 0.616. The molecule has 0 aliphatic carbocycles. The van der Waals surface area contributed by atoms with Crippen LogP contribution < -0.4 is 20.8 Å². The Kier molecular flexibility index (Phi) is 3.88. The van der Waals surface area contributed by atoms with E-state index in [1.54, 1.807) is 37.0 Å². The Morgan fingerprint density at radius 3 is 2.69 bits per heavy atom. The SMILES string of the molecule is COc1ccc(/C=C2\CCn3c2nc2ccc(N)cc2c3=O)cc1OC. The molecule has 0 unspecified atom stereocenters. The molecule has 2 heterocycles. The minimum atomic E-state index is -0.0481. The molecule has 132 valence electrons. The molecule has 0 fully saturated rings. The molecule has 0 saturated heterocycles. The monoisotopic (exact) mass is 349 g/mol. The summed E-state index contributed by atoms with van der Waals surface area (Å²) in [5.41, 5.74) is 8.98. The van der Waals surface area contributed by atoms with Crippen molar-refractivity contribution in [2.24, 2.45) is 0 Å². The van der Waals surface area contributed by atoms with Gasteiger partial charge in [0.05, 0.1) is 25.1 Å². The van der Waals surface area contributed by atoms with Crippen molar-refractivity contribution in [1.29, 1.82) is 0 Å². The van der Waals surface area contributed by atoms with Crippen molar-refractivity contribution in [3.05, 3.63) is 58.1 Å². The summed E-state index contributed by atoms with van der Waals surface area (Å²) in [7, 11) is 3.22. The van der Waals surface area contributed by atoms with Crippen LogP contribution in [0.5, 0.6) is 11.5 Å². The molecule has 0 radical (unpaired) electrons. The molecule has 1 aromatic heterocycles. The van der Waals surface area contributed by atoms with E-state index < -0.39 is 0 Å². The number of hydrogen-bond acceptors (Lipinski definition) is 5. The molecule has 0 atom stereocenters. The van der Waals surface area contributed by atoms with Gasteiger partial charge in [0.15, 0.2) is 11.5 Å². The van der Waals surface area contributed by atoms with E-state index in [0.29, 0.717) is 40.5 Å². The molecular formula is C20H19N3O3. The third kappa shape index (κ3) is 2.60. The summed E-state index contributed by atoms with van der Waals surface area (Å²) in [5.74, 6) is 2.06. The number of benzene rings is 2. The lowest BCUT2D eigenvalue weighted by Crippen LogP contribution is -2.20. The topological polar surface area (TPSA) is 79.4 Å². The molecule has 26 heavy (non-hydrogen) atoms. The minimum Gasteiger partial charge on any atom is -0.493 e. The number of aromatic nitrogens is 2. The van der Waals surface area contributed by atoms with Gasteiger partial charge in [0.1, 0.15) is 5.82 Å². The summed E-state index contributed by atoms with van der Waals surface area (Å²) in [4.78, 5) is 17.5. The summed E-state index contributed by atoms with van der Waals surface area (Å²) in [6, 6.07) is 11.0. The Hall–Kier alpha value is -3.28. The average Bonchev–Trinajstić information content (AvgIpc) is 3.05. The highest BCUT2D eigenvalue weighted by Gasteiger charge is 2.21. The normalized spacial score (nSPS) is 14.6. The van der Waals surface area contributed by atoms with Crippen LogP contribution >= 0.6 is 0 Å². The van der Waals surface area contributed by atoms with Crippen LogP contribution in [0.2, 0.25) is 0 Å². The van der Waals surface area contributed by atoms with Crippen LogP contribution in [0.4, 0.5) is 5.69 Å². The second kappa shape index (κ2) is 6.22. The van der Waals surface area contributed by atoms with Gasteiger partial charge in [-0.15, -0.1) is 0 Å². The Morgan fingerprint density at radius 1 is 1.12 bits per heavy atom. The number of rotatable bonds is 3. The van der Waals surface area contributed by atoms with E-state index >= 15 is 0 Å². The van der Waals surface area contributed by atoms with Crippen LogP contribution in [0.15, 0.2) is 41.2 Å². The van der Waals surface area contributed by atoms with Gasteiger partial charge in [0.2, 0.25) is 0 Å². The maximum absolute atomic E-state index is 12.8. The fourth-order valence-electron chi connectivity index (χ4n) is 3.32. The number of hydrogen-bond donors (Lipinski definition) is 1. The Balaban J connectivity index is 1.83. The van der Waals surface area contributed by atoms with E-state index in [4.69, 9.17) is 20.2 Å². The van der Waals surface area contributed by atoms with Crippen molar-refractivity contribution < 1.29 is 9.47 Å². The first-order valence-corrected chi connectivity index (χ1v) is 8.34. The molecule has 2 aromatic carbocycles. The molecule has 1 aliphatic heterocycles. The number of nitrogen functional groups attached to an aromatic ring is 1.